The van der Waals surface area contributed by atoms with E-state index in [0.29, 0.717) is 22.8 Å². The number of nitrogens with one attached hydrogen (secondary N) is 1. The first-order valence-electron chi connectivity index (χ1n) is 7.98. The molecule has 0 radical (unpaired) electrons. The molecule has 0 fully saturated rings. The lowest BCUT2D eigenvalue weighted by Gasteiger charge is -2.23. The van der Waals surface area contributed by atoms with Gasteiger partial charge in [-0.3, -0.25) is 0 Å². The van der Waals surface area contributed by atoms with Crippen LogP contribution in [0.4, 0.5) is 0 Å². The molecule has 1 atom stereocenters. The van der Waals surface area contributed by atoms with Gasteiger partial charge in [0.25, 0.3) is 0 Å². The minimum absolute atomic E-state index is 0.0607. The van der Waals surface area contributed by atoms with Crippen LogP contribution >= 0.6 is 0 Å². The molecule has 2 N–H and O–H groups in total. The van der Waals surface area contributed by atoms with E-state index in [9.17, 15) is 10.3 Å². The highest BCUT2D eigenvalue weighted by Crippen LogP contribution is 2.30. The highest BCUT2D eigenvalue weighted by Gasteiger charge is 2.16. The summed E-state index contributed by atoms with van der Waals surface area (Å²) in [6, 6.07) is 9.24. The van der Waals surface area contributed by atoms with Gasteiger partial charge in [-0.05, 0) is 32.9 Å². The average Bonchev–Trinajstić information content (AvgIpc) is 2.53. The van der Waals surface area contributed by atoms with Gasteiger partial charge < -0.3 is 20.4 Å². The molecule has 1 unspecified atom stereocenters. The third kappa shape index (κ3) is 4.91. The monoisotopic (exact) mass is 331 g/mol. The fraction of sp³-hybridized carbons (Fsp3) is 0.444. The van der Waals surface area contributed by atoms with Gasteiger partial charge in [-0.1, -0.05) is 23.0 Å². The van der Waals surface area contributed by atoms with Crippen molar-refractivity contribution < 1.29 is 14.7 Å². The van der Waals surface area contributed by atoms with Crippen molar-refractivity contribution in [1.29, 1.82) is 0 Å². The van der Waals surface area contributed by atoms with Gasteiger partial charge in [0, 0.05) is 29.7 Å². The van der Waals surface area contributed by atoms with Crippen molar-refractivity contribution in [3.8, 4) is 16.9 Å². The fourth-order valence-electron chi connectivity index (χ4n) is 2.25. The van der Waals surface area contributed by atoms with E-state index in [4.69, 9.17) is 4.74 Å². The summed E-state index contributed by atoms with van der Waals surface area (Å²) in [5.41, 5.74) is 2.01. The Bertz CT molecular complexity index is 683. The predicted octanol–water partition coefficient (Wildman–Crippen LogP) is 1.82. The molecular weight excluding hydrogens is 306 g/mol. The molecular formula is C18H25N3O3. The largest absolute Gasteiger partial charge is 0.594 e. The molecule has 130 valence electrons. The lowest BCUT2D eigenvalue weighted by atomic mass is 10.0. The Morgan fingerprint density at radius 1 is 1.25 bits per heavy atom. The third-order valence-corrected chi connectivity index (χ3v) is 3.57. The van der Waals surface area contributed by atoms with Crippen molar-refractivity contribution in [1.82, 2.24) is 10.4 Å². The van der Waals surface area contributed by atoms with Crippen LogP contribution in [0.25, 0.3) is 11.1 Å². The molecule has 0 aliphatic heterocycles. The minimum atomic E-state index is -0.625. The fourth-order valence-corrected chi connectivity index (χ4v) is 2.25. The molecule has 0 aliphatic rings. The van der Waals surface area contributed by atoms with Gasteiger partial charge in [-0.2, -0.15) is 0 Å². The molecule has 1 aromatic carbocycles. The quantitative estimate of drug-likeness (QED) is 0.623. The molecule has 0 amide bonds. The minimum Gasteiger partial charge on any atom is -0.594 e. The molecule has 0 saturated carbocycles. The van der Waals surface area contributed by atoms with Crippen LogP contribution in [-0.4, -0.2) is 35.0 Å². The van der Waals surface area contributed by atoms with Gasteiger partial charge in [-0.15, -0.1) is 0 Å². The van der Waals surface area contributed by atoms with E-state index in [-0.39, 0.29) is 12.1 Å². The van der Waals surface area contributed by atoms with E-state index >= 15 is 0 Å². The number of benzene rings is 1. The highest BCUT2D eigenvalue weighted by atomic mass is 16.5. The number of para-hydroxylation sites is 1. The summed E-state index contributed by atoms with van der Waals surface area (Å²) in [7, 11) is 0. The first kappa shape index (κ1) is 18.2. The molecule has 2 rings (SSSR count). The Hall–Kier alpha value is -2.18. The molecule has 0 spiro atoms. The van der Waals surface area contributed by atoms with Crippen LogP contribution in [0.2, 0.25) is 0 Å². The summed E-state index contributed by atoms with van der Waals surface area (Å²) in [5.74, 6) is 0.626. The van der Waals surface area contributed by atoms with E-state index in [1.54, 1.807) is 13.0 Å². The highest BCUT2D eigenvalue weighted by molar-refractivity contribution is 5.71. The standard InChI is InChI=1S/C18H25N3O3/c1-13-15(9-10-20-21(13)23)16-7-5-6-8-17(16)24-12-14(22)11-19-18(2,3)4/h5-10,14,19,22H,11-12H2,1-4H3. The summed E-state index contributed by atoms with van der Waals surface area (Å²) < 4.78 is 5.79. The van der Waals surface area contributed by atoms with Gasteiger partial charge in [0.1, 0.15) is 18.5 Å². The predicted molar refractivity (Wildman–Crippen MR) is 92.6 cm³/mol. The number of aliphatic hydroxyl groups excluding tert-OH is 1. The van der Waals surface area contributed by atoms with Gasteiger partial charge in [0.15, 0.2) is 0 Å². The van der Waals surface area contributed by atoms with Gasteiger partial charge >= 0.3 is 0 Å². The molecule has 6 heteroatoms. The molecule has 2 aromatic rings. The molecule has 1 aromatic heterocycles. The van der Waals surface area contributed by atoms with Crippen LogP contribution in [0.1, 0.15) is 26.5 Å². The molecule has 0 bridgehead atoms. The van der Waals surface area contributed by atoms with E-state index in [1.165, 1.54) is 6.20 Å². The van der Waals surface area contributed by atoms with Crippen molar-refractivity contribution in [3.63, 3.8) is 0 Å². The van der Waals surface area contributed by atoms with Crippen LogP contribution in [0.3, 0.4) is 0 Å². The van der Waals surface area contributed by atoms with Crippen LogP contribution in [0.5, 0.6) is 5.75 Å². The normalized spacial score (nSPS) is 12.9. The Morgan fingerprint density at radius 2 is 1.96 bits per heavy atom. The first-order chi connectivity index (χ1) is 11.3. The zero-order chi connectivity index (χ0) is 17.7. The second-order valence-corrected chi connectivity index (χ2v) is 6.80. The van der Waals surface area contributed by atoms with Crippen LogP contribution < -0.4 is 14.9 Å². The smallest absolute Gasteiger partial charge is 0.226 e. The Labute approximate surface area is 142 Å². The number of hydrogen-bond donors (Lipinski definition) is 2. The van der Waals surface area contributed by atoms with Gasteiger partial charge in [0.05, 0.1) is 11.8 Å². The molecule has 24 heavy (non-hydrogen) atoms. The van der Waals surface area contributed by atoms with Gasteiger partial charge in [-0.25, -0.2) is 0 Å². The number of nitrogens with zero attached hydrogens (tertiary/aromatic N) is 2. The number of aliphatic hydroxyl groups is 1. The zero-order valence-electron chi connectivity index (χ0n) is 14.6. The van der Waals surface area contributed by atoms with Crippen molar-refractivity contribution in [2.45, 2.75) is 39.3 Å². The number of ether oxygens (including phenoxy) is 1. The lowest BCUT2D eigenvalue weighted by Crippen LogP contribution is -2.42. The maximum absolute atomic E-state index is 11.7. The maximum atomic E-state index is 11.7. The summed E-state index contributed by atoms with van der Waals surface area (Å²) in [5, 5.41) is 28.7. The molecule has 1 heterocycles. The number of hydrogen-bond acceptors (Lipinski definition) is 5. The van der Waals surface area contributed by atoms with E-state index < -0.39 is 6.10 Å². The molecule has 6 nitrogen and oxygen atoms in total. The summed E-state index contributed by atoms with van der Waals surface area (Å²) in [4.78, 5) is 0.591. The SMILES string of the molecule is Cc1c(-c2ccccc2OCC(O)CNC(C)(C)C)ccn[n+]1[O-]. The van der Waals surface area contributed by atoms with Gasteiger partial charge in [0.2, 0.25) is 5.69 Å². The summed E-state index contributed by atoms with van der Waals surface area (Å²) in [6.07, 6.45) is 0.842. The van der Waals surface area contributed by atoms with Crippen molar-refractivity contribution in [2.24, 2.45) is 0 Å². The Kier molecular flexibility index (Phi) is 5.75. The molecule has 0 saturated heterocycles. The summed E-state index contributed by atoms with van der Waals surface area (Å²) in [6.45, 7) is 8.46. The molecule has 0 aliphatic carbocycles. The Balaban J connectivity index is 2.11. The number of β-amino-alcohol motifs (C(OH)–C–C–N with tert-alkyl or cyclic N) is 1. The number of aromatic nitrogens is 2. The van der Waals surface area contributed by atoms with Crippen LogP contribution in [0, 0.1) is 12.1 Å². The third-order valence-electron chi connectivity index (χ3n) is 3.57. The van der Waals surface area contributed by atoms with Crippen molar-refractivity contribution in [2.75, 3.05) is 13.2 Å². The van der Waals surface area contributed by atoms with Crippen molar-refractivity contribution in [3.05, 3.63) is 47.4 Å². The lowest BCUT2D eigenvalue weighted by molar-refractivity contribution is -0.674. The van der Waals surface area contributed by atoms with Crippen LogP contribution in [-0.2, 0) is 0 Å². The van der Waals surface area contributed by atoms with Crippen LogP contribution in [0.15, 0.2) is 36.5 Å². The zero-order valence-corrected chi connectivity index (χ0v) is 14.6. The summed E-state index contributed by atoms with van der Waals surface area (Å²) >= 11 is 0. The number of rotatable bonds is 6. The topological polar surface area (TPSA) is 81.3 Å². The average molecular weight is 331 g/mol. The van der Waals surface area contributed by atoms with E-state index in [1.807, 2.05) is 45.0 Å². The Morgan fingerprint density at radius 3 is 2.67 bits per heavy atom. The second kappa shape index (κ2) is 7.59. The van der Waals surface area contributed by atoms with E-state index in [2.05, 4.69) is 10.4 Å². The maximum Gasteiger partial charge on any atom is 0.226 e. The second-order valence-electron chi connectivity index (χ2n) is 6.80. The van der Waals surface area contributed by atoms with Crippen molar-refractivity contribution >= 4 is 0 Å². The van der Waals surface area contributed by atoms with E-state index in [0.717, 1.165) is 11.1 Å². The first-order valence-corrected chi connectivity index (χ1v) is 7.98.